The molecule has 0 saturated carbocycles. The van der Waals surface area contributed by atoms with Crippen molar-refractivity contribution in [3.8, 4) is 0 Å². The van der Waals surface area contributed by atoms with Crippen LogP contribution in [0, 0.1) is 0 Å². The van der Waals surface area contributed by atoms with Gasteiger partial charge in [-0.2, -0.15) is 0 Å². The number of nitrogens with one attached hydrogen (secondary N) is 1. The van der Waals surface area contributed by atoms with Crippen LogP contribution in [0.5, 0.6) is 0 Å². The Balaban J connectivity index is 2.07. The third-order valence-electron chi connectivity index (χ3n) is 2.25. The van der Waals surface area contributed by atoms with Gasteiger partial charge in [0.25, 0.3) is 5.91 Å². The molecule has 2 aromatic rings. The van der Waals surface area contributed by atoms with Gasteiger partial charge < -0.3 is 14.6 Å². The zero-order valence-corrected chi connectivity index (χ0v) is 9.68. The van der Waals surface area contributed by atoms with Gasteiger partial charge in [0, 0.05) is 14.1 Å². The van der Waals surface area contributed by atoms with Crippen LogP contribution >= 0.6 is 0 Å². The maximum atomic E-state index is 11.7. The number of nitrogens with zero attached hydrogens (tertiary/aromatic N) is 2. The Labute approximate surface area is 99.1 Å². The molecule has 0 bridgehead atoms. The summed E-state index contributed by atoms with van der Waals surface area (Å²) < 4.78 is 4.84. The van der Waals surface area contributed by atoms with Crippen LogP contribution in [0.25, 0.3) is 0 Å². The summed E-state index contributed by atoms with van der Waals surface area (Å²) in [6, 6.07) is 5.25. The van der Waals surface area contributed by atoms with Gasteiger partial charge in [0.15, 0.2) is 0 Å². The minimum atomic E-state index is -0.210. The van der Waals surface area contributed by atoms with Gasteiger partial charge in [0.1, 0.15) is 12.1 Å². The monoisotopic (exact) mass is 231 g/mol. The van der Waals surface area contributed by atoms with Crippen molar-refractivity contribution in [3.63, 3.8) is 0 Å². The fourth-order valence-electron chi connectivity index (χ4n) is 1.32. The Kier molecular flexibility index (Phi) is 3.09. The van der Waals surface area contributed by atoms with E-state index in [9.17, 15) is 4.79 Å². The first-order valence-corrected chi connectivity index (χ1v) is 5.14. The Hall–Kier alpha value is -2.30. The van der Waals surface area contributed by atoms with Crippen LogP contribution in [0.4, 0.5) is 11.5 Å². The number of pyridine rings is 1. The SMILES string of the molecule is CN(C)c1ccc(NC(=O)c2ccoc2)cn1. The van der Waals surface area contributed by atoms with E-state index in [1.165, 1.54) is 12.5 Å². The van der Waals surface area contributed by atoms with Crippen LogP contribution in [0.1, 0.15) is 10.4 Å². The lowest BCUT2D eigenvalue weighted by atomic mass is 10.3. The Morgan fingerprint density at radius 3 is 2.71 bits per heavy atom. The van der Waals surface area contributed by atoms with Gasteiger partial charge in [-0.3, -0.25) is 4.79 Å². The summed E-state index contributed by atoms with van der Waals surface area (Å²) >= 11 is 0. The van der Waals surface area contributed by atoms with E-state index in [0.29, 0.717) is 11.3 Å². The Morgan fingerprint density at radius 1 is 1.35 bits per heavy atom. The number of anilines is 2. The largest absolute Gasteiger partial charge is 0.472 e. The summed E-state index contributed by atoms with van der Waals surface area (Å²) in [4.78, 5) is 17.8. The van der Waals surface area contributed by atoms with E-state index in [-0.39, 0.29) is 5.91 Å². The summed E-state index contributed by atoms with van der Waals surface area (Å²) in [5.41, 5.74) is 1.14. The van der Waals surface area contributed by atoms with Gasteiger partial charge >= 0.3 is 0 Å². The van der Waals surface area contributed by atoms with Crippen molar-refractivity contribution in [2.24, 2.45) is 0 Å². The highest BCUT2D eigenvalue weighted by atomic mass is 16.3. The molecule has 1 amide bonds. The van der Waals surface area contributed by atoms with E-state index in [2.05, 4.69) is 10.3 Å². The molecular weight excluding hydrogens is 218 g/mol. The van der Waals surface area contributed by atoms with Crippen molar-refractivity contribution in [1.29, 1.82) is 0 Å². The fraction of sp³-hybridized carbons (Fsp3) is 0.167. The zero-order valence-electron chi connectivity index (χ0n) is 9.68. The van der Waals surface area contributed by atoms with Crippen LogP contribution in [0.15, 0.2) is 41.3 Å². The lowest BCUT2D eigenvalue weighted by Gasteiger charge is -2.11. The molecule has 5 nitrogen and oxygen atoms in total. The quantitative estimate of drug-likeness (QED) is 0.877. The van der Waals surface area contributed by atoms with Crippen LogP contribution in [0.2, 0.25) is 0 Å². The molecule has 0 radical (unpaired) electrons. The van der Waals surface area contributed by atoms with Crippen molar-refractivity contribution < 1.29 is 9.21 Å². The number of aromatic nitrogens is 1. The molecule has 0 aromatic carbocycles. The van der Waals surface area contributed by atoms with Gasteiger partial charge in [-0.1, -0.05) is 0 Å². The predicted octanol–water partition coefficient (Wildman–Crippen LogP) is 1.99. The summed E-state index contributed by atoms with van der Waals surface area (Å²) in [6.45, 7) is 0. The van der Waals surface area contributed by atoms with Crippen molar-refractivity contribution >= 4 is 17.4 Å². The van der Waals surface area contributed by atoms with Gasteiger partial charge in [-0.15, -0.1) is 0 Å². The van der Waals surface area contributed by atoms with Crippen LogP contribution < -0.4 is 10.2 Å². The first-order chi connectivity index (χ1) is 8.16. The van der Waals surface area contributed by atoms with Crippen LogP contribution in [0.3, 0.4) is 0 Å². The number of furan rings is 1. The third-order valence-corrected chi connectivity index (χ3v) is 2.25. The normalized spacial score (nSPS) is 10.0. The molecule has 0 unspecified atom stereocenters. The van der Waals surface area contributed by atoms with E-state index in [4.69, 9.17) is 4.42 Å². The van der Waals surface area contributed by atoms with Crippen molar-refractivity contribution in [1.82, 2.24) is 4.98 Å². The van der Waals surface area contributed by atoms with Gasteiger partial charge in [0.2, 0.25) is 0 Å². The smallest absolute Gasteiger partial charge is 0.258 e. The van der Waals surface area contributed by atoms with Gasteiger partial charge in [0.05, 0.1) is 23.7 Å². The highest BCUT2D eigenvalue weighted by Crippen LogP contribution is 2.13. The lowest BCUT2D eigenvalue weighted by molar-refractivity contribution is 0.102. The molecule has 0 aliphatic carbocycles. The van der Waals surface area contributed by atoms with Crippen molar-refractivity contribution in [2.45, 2.75) is 0 Å². The summed E-state index contributed by atoms with van der Waals surface area (Å²) in [7, 11) is 3.82. The van der Waals surface area contributed by atoms with E-state index in [0.717, 1.165) is 5.82 Å². The average Bonchev–Trinajstić information content (AvgIpc) is 2.83. The molecule has 2 aromatic heterocycles. The summed E-state index contributed by atoms with van der Waals surface area (Å²) in [6.07, 6.45) is 4.48. The summed E-state index contributed by atoms with van der Waals surface area (Å²) in [5, 5.41) is 2.73. The van der Waals surface area contributed by atoms with E-state index >= 15 is 0 Å². The first kappa shape index (κ1) is 11.2. The molecule has 0 atom stereocenters. The maximum Gasteiger partial charge on any atom is 0.258 e. The zero-order chi connectivity index (χ0) is 12.3. The number of hydrogen-bond donors (Lipinski definition) is 1. The fourth-order valence-corrected chi connectivity index (χ4v) is 1.32. The highest BCUT2D eigenvalue weighted by molar-refractivity contribution is 6.03. The number of carbonyl (C=O) groups excluding carboxylic acids is 1. The predicted molar refractivity (Wildman–Crippen MR) is 65.2 cm³/mol. The standard InChI is InChI=1S/C12H13N3O2/c1-15(2)11-4-3-10(7-13-11)14-12(16)9-5-6-17-8-9/h3-8H,1-2H3,(H,14,16). The molecular formula is C12H13N3O2. The number of amides is 1. The molecule has 0 fully saturated rings. The minimum Gasteiger partial charge on any atom is -0.472 e. The number of rotatable bonds is 3. The van der Waals surface area contributed by atoms with Gasteiger partial charge in [-0.05, 0) is 18.2 Å². The Morgan fingerprint density at radius 2 is 2.18 bits per heavy atom. The van der Waals surface area contributed by atoms with Crippen molar-refractivity contribution in [2.75, 3.05) is 24.3 Å². The lowest BCUT2D eigenvalue weighted by Crippen LogP contribution is -2.13. The van der Waals surface area contributed by atoms with Crippen LogP contribution in [-0.4, -0.2) is 25.0 Å². The summed E-state index contributed by atoms with van der Waals surface area (Å²) in [5.74, 6) is 0.629. The second kappa shape index (κ2) is 4.69. The second-order valence-electron chi connectivity index (χ2n) is 3.77. The van der Waals surface area contributed by atoms with E-state index in [1.807, 2.05) is 25.1 Å². The molecule has 0 saturated heterocycles. The average molecular weight is 231 g/mol. The van der Waals surface area contributed by atoms with E-state index in [1.54, 1.807) is 18.3 Å². The number of carbonyl (C=O) groups is 1. The highest BCUT2D eigenvalue weighted by Gasteiger charge is 2.07. The molecule has 0 aliphatic rings. The molecule has 17 heavy (non-hydrogen) atoms. The molecule has 88 valence electrons. The molecule has 0 spiro atoms. The first-order valence-electron chi connectivity index (χ1n) is 5.14. The molecule has 1 N–H and O–H groups in total. The van der Waals surface area contributed by atoms with E-state index < -0.39 is 0 Å². The number of hydrogen-bond acceptors (Lipinski definition) is 4. The topological polar surface area (TPSA) is 58.4 Å². The maximum absolute atomic E-state index is 11.7. The third kappa shape index (κ3) is 2.63. The Bertz CT molecular complexity index is 489. The van der Waals surface area contributed by atoms with Crippen molar-refractivity contribution in [3.05, 3.63) is 42.5 Å². The molecule has 0 aliphatic heterocycles. The van der Waals surface area contributed by atoms with Crippen LogP contribution in [-0.2, 0) is 0 Å². The molecule has 2 heterocycles. The van der Waals surface area contributed by atoms with Gasteiger partial charge in [-0.25, -0.2) is 4.98 Å². The second-order valence-corrected chi connectivity index (χ2v) is 3.77. The molecule has 2 rings (SSSR count). The minimum absolute atomic E-state index is 0.210. The molecule has 5 heteroatoms.